The van der Waals surface area contributed by atoms with Crippen molar-refractivity contribution in [3.63, 3.8) is 0 Å². The SMILES string of the molecule is COCCCN1C(=O)C(=O)/C(=C(\O)c2ccc3c(c2)OCCO3)C1c1ccc(OC(C)C)cc1. The van der Waals surface area contributed by atoms with Crippen molar-refractivity contribution in [2.75, 3.05) is 33.5 Å². The van der Waals surface area contributed by atoms with E-state index in [0.717, 1.165) is 0 Å². The highest BCUT2D eigenvalue weighted by molar-refractivity contribution is 6.46. The minimum Gasteiger partial charge on any atom is -0.507 e. The van der Waals surface area contributed by atoms with Gasteiger partial charge < -0.3 is 29.0 Å². The van der Waals surface area contributed by atoms with Crippen molar-refractivity contribution in [1.82, 2.24) is 4.90 Å². The van der Waals surface area contributed by atoms with Crippen LogP contribution in [0.3, 0.4) is 0 Å². The van der Waals surface area contributed by atoms with Crippen LogP contribution >= 0.6 is 0 Å². The molecule has 0 radical (unpaired) electrons. The molecule has 2 aromatic rings. The highest BCUT2D eigenvalue weighted by atomic mass is 16.6. The van der Waals surface area contributed by atoms with Gasteiger partial charge in [-0.05, 0) is 56.2 Å². The molecule has 1 fully saturated rings. The lowest BCUT2D eigenvalue weighted by molar-refractivity contribution is -0.140. The van der Waals surface area contributed by atoms with E-state index in [1.807, 2.05) is 26.0 Å². The zero-order valence-electron chi connectivity index (χ0n) is 19.6. The smallest absolute Gasteiger partial charge is 0.295 e. The fourth-order valence-corrected chi connectivity index (χ4v) is 4.18. The Morgan fingerprint density at radius 1 is 1.09 bits per heavy atom. The third kappa shape index (κ3) is 4.72. The van der Waals surface area contributed by atoms with E-state index in [0.29, 0.717) is 61.2 Å². The van der Waals surface area contributed by atoms with Gasteiger partial charge in [-0.2, -0.15) is 0 Å². The predicted molar refractivity (Wildman–Crippen MR) is 125 cm³/mol. The highest BCUT2D eigenvalue weighted by Gasteiger charge is 2.45. The van der Waals surface area contributed by atoms with Gasteiger partial charge in [0.05, 0.1) is 17.7 Å². The van der Waals surface area contributed by atoms with E-state index in [1.54, 1.807) is 37.4 Å². The molecule has 1 saturated heterocycles. The van der Waals surface area contributed by atoms with Gasteiger partial charge in [-0.1, -0.05) is 12.1 Å². The van der Waals surface area contributed by atoms with Gasteiger partial charge in [-0.25, -0.2) is 0 Å². The van der Waals surface area contributed by atoms with E-state index in [9.17, 15) is 14.7 Å². The molecule has 2 aliphatic heterocycles. The highest BCUT2D eigenvalue weighted by Crippen LogP contribution is 2.41. The van der Waals surface area contributed by atoms with E-state index in [2.05, 4.69) is 0 Å². The number of likely N-dealkylation sites (tertiary alicyclic amines) is 1. The largest absolute Gasteiger partial charge is 0.507 e. The third-order valence-corrected chi connectivity index (χ3v) is 5.67. The number of methoxy groups -OCH3 is 1. The maximum Gasteiger partial charge on any atom is 0.295 e. The molecule has 0 spiro atoms. The monoisotopic (exact) mass is 467 g/mol. The average Bonchev–Trinajstić information content (AvgIpc) is 3.08. The van der Waals surface area contributed by atoms with Crippen LogP contribution in [-0.2, 0) is 14.3 Å². The van der Waals surface area contributed by atoms with E-state index in [1.165, 1.54) is 4.90 Å². The summed E-state index contributed by atoms with van der Waals surface area (Å²) >= 11 is 0. The number of benzene rings is 2. The van der Waals surface area contributed by atoms with Gasteiger partial charge >= 0.3 is 0 Å². The Kier molecular flexibility index (Phi) is 7.07. The minimum absolute atomic E-state index is 0.0146. The molecule has 1 amide bonds. The molecule has 180 valence electrons. The number of carbonyl (C=O) groups excluding carboxylic acids is 2. The molecule has 0 aromatic heterocycles. The molecule has 1 N–H and O–H groups in total. The Labute approximate surface area is 198 Å². The number of Topliss-reactive ketones (excluding diaryl/α,β-unsaturated/α-hetero) is 1. The summed E-state index contributed by atoms with van der Waals surface area (Å²) in [5, 5.41) is 11.2. The summed E-state index contributed by atoms with van der Waals surface area (Å²) in [5.41, 5.74) is 1.12. The first-order chi connectivity index (χ1) is 16.4. The van der Waals surface area contributed by atoms with Crippen molar-refractivity contribution in [1.29, 1.82) is 0 Å². The van der Waals surface area contributed by atoms with E-state index < -0.39 is 17.7 Å². The average molecular weight is 468 g/mol. The summed E-state index contributed by atoms with van der Waals surface area (Å²) in [6.07, 6.45) is 0.569. The van der Waals surface area contributed by atoms with Crippen molar-refractivity contribution in [3.8, 4) is 17.2 Å². The quantitative estimate of drug-likeness (QED) is 0.274. The van der Waals surface area contributed by atoms with Crippen LogP contribution in [0.2, 0.25) is 0 Å². The van der Waals surface area contributed by atoms with E-state index in [4.69, 9.17) is 18.9 Å². The number of carbonyl (C=O) groups is 2. The molecule has 2 aliphatic rings. The number of ketones is 1. The molecule has 1 atom stereocenters. The first-order valence-electron chi connectivity index (χ1n) is 11.3. The van der Waals surface area contributed by atoms with Crippen LogP contribution in [0, 0.1) is 0 Å². The van der Waals surface area contributed by atoms with Crippen molar-refractivity contribution >= 4 is 17.4 Å². The summed E-state index contributed by atoms with van der Waals surface area (Å²) in [7, 11) is 1.58. The minimum atomic E-state index is -0.738. The van der Waals surface area contributed by atoms with Crippen molar-refractivity contribution in [2.45, 2.75) is 32.4 Å². The van der Waals surface area contributed by atoms with Crippen molar-refractivity contribution in [3.05, 3.63) is 59.2 Å². The number of hydrogen-bond donors (Lipinski definition) is 1. The van der Waals surface area contributed by atoms with Crippen LogP contribution in [0.15, 0.2) is 48.0 Å². The van der Waals surface area contributed by atoms with Crippen LogP contribution < -0.4 is 14.2 Å². The molecule has 34 heavy (non-hydrogen) atoms. The number of fused-ring (bicyclic) bond motifs is 1. The molecule has 8 nitrogen and oxygen atoms in total. The normalized spacial score (nSPS) is 19.1. The molecule has 2 heterocycles. The number of ether oxygens (including phenoxy) is 4. The number of amides is 1. The number of hydrogen-bond acceptors (Lipinski definition) is 7. The van der Waals surface area contributed by atoms with Gasteiger partial charge in [0.25, 0.3) is 11.7 Å². The fraction of sp³-hybridized carbons (Fsp3) is 0.385. The summed E-state index contributed by atoms with van der Waals surface area (Å²) in [4.78, 5) is 27.6. The first-order valence-corrected chi connectivity index (χ1v) is 11.3. The Morgan fingerprint density at radius 3 is 2.47 bits per heavy atom. The van der Waals surface area contributed by atoms with Crippen LogP contribution in [0.5, 0.6) is 17.2 Å². The Hall–Kier alpha value is -3.52. The molecule has 0 saturated carbocycles. The van der Waals surface area contributed by atoms with E-state index in [-0.39, 0.29) is 17.4 Å². The van der Waals surface area contributed by atoms with Gasteiger partial charge in [0.2, 0.25) is 0 Å². The van der Waals surface area contributed by atoms with Gasteiger partial charge in [0, 0.05) is 25.8 Å². The summed E-state index contributed by atoms with van der Waals surface area (Å²) < 4.78 is 22.0. The van der Waals surface area contributed by atoms with E-state index >= 15 is 0 Å². The maximum absolute atomic E-state index is 13.1. The molecule has 8 heteroatoms. The fourth-order valence-electron chi connectivity index (χ4n) is 4.18. The van der Waals surface area contributed by atoms with Gasteiger partial charge in [0.15, 0.2) is 11.5 Å². The second-order valence-corrected chi connectivity index (χ2v) is 8.43. The zero-order chi connectivity index (χ0) is 24.2. The first kappa shape index (κ1) is 23.6. The summed E-state index contributed by atoms with van der Waals surface area (Å²) in [6.45, 7) is 5.47. The van der Waals surface area contributed by atoms with Crippen LogP contribution in [0.1, 0.15) is 37.4 Å². The molecular formula is C26H29NO7. The second kappa shape index (κ2) is 10.2. The molecule has 0 bridgehead atoms. The van der Waals surface area contributed by atoms with Gasteiger partial charge in [-0.3, -0.25) is 9.59 Å². The van der Waals surface area contributed by atoms with Crippen molar-refractivity contribution < 1.29 is 33.6 Å². The lowest BCUT2D eigenvalue weighted by Gasteiger charge is -2.25. The molecule has 0 aliphatic carbocycles. The van der Waals surface area contributed by atoms with Crippen LogP contribution in [-0.4, -0.2) is 61.3 Å². The van der Waals surface area contributed by atoms with Crippen molar-refractivity contribution in [2.24, 2.45) is 0 Å². The van der Waals surface area contributed by atoms with Gasteiger partial charge in [-0.15, -0.1) is 0 Å². The number of aliphatic hydroxyl groups excluding tert-OH is 1. The zero-order valence-corrected chi connectivity index (χ0v) is 19.6. The second-order valence-electron chi connectivity index (χ2n) is 8.43. The Balaban J connectivity index is 1.76. The third-order valence-electron chi connectivity index (χ3n) is 5.67. The number of nitrogens with zero attached hydrogens (tertiary/aromatic N) is 1. The lowest BCUT2D eigenvalue weighted by atomic mass is 9.95. The molecule has 1 unspecified atom stereocenters. The topological polar surface area (TPSA) is 94.5 Å². The van der Waals surface area contributed by atoms with Gasteiger partial charge in [0.1, 0.15) is 24.7 Å². The Bertz CT molecular complexity index is 1090. The number of aliphatic hydroxyl groups is 1. The Morgan fingerprint density at radius 2 is 1.79 bits per heavy atom. The standard InChI is InChI=1S/C26H29NO7/c1-16(2)34-19-8-5-17(6-9-19)23-22(25(29)26(30)27(23)11-4-12-31-3)24(28)18-7-10-20-21(15-18)33-14-13-32-20/h5-10,15-16,23,28H,4,11-14H2,1-3H3/b24-22-. The molecule has 2 aromatic carbocycles. The maximum atomic E-state index is 13.1. The van der Waals surface area contributed by atoms with Crippen LogP contribution in [0.4, 0.5) is 0 Å². The molecular weight excluding hydrogens is 438 g/mol. The summed E-state index contributed by atoms with van der Waals surface area (Å²) in [6, 6.07) is 11.5. The summed E-state index contributed by atoms with van der Waals surface area (Å²) in [5.74, 6) is 0.107. The molecule has 4 rings (SSSR count). The lowest BCUT2D eigenvalue weighted by Crippen LogP contribution is -2.31. The van der Waals surface area contributed by atoms with Crippen LogP contribution in [0.25, 0.3) is 5.76 Å². The number of rotatable bonds is 8. The predicted octanol–water partition coefficient (Wildman–Crippen LogP) is 3.70.